The Hall–Kier alpha value is -5.48. The Bertz CT molecular complexity index is 1640. The molecule has 2 aromatic carbocycles. The van der Waals surface area contributed by atoms with Gasteiger partial charge in [-0.2, -0.15) is 0 Å². The molecule has 4 N–H and O–H groups in total. The Morgan fingerprint density at radius 2 is 1.27 bits per heavy atom. The summed E-state index contributed by atoms with van der Waals surface area (Å²) in [7, 11) is 0. The number of ether oxygens (including phenoxy) is 2. The second kappa shape index (κ2) is 37.3. The van der Waals surface area contributed by atoms with Crippen LogP contribution in [0.4, 0.5) is 0 Å². The lowest BCUT2D eigenvalue weighted by molar-refractivity contribution is -0.132. The van der Waals surface area contributed by atoms with E-state index in [4.69, 9.17) is 14.0 Å². The molecule has 4 rings (SSSR count). The third-order valence-corrected chi connectivity index (χ3v) is 7.98. The van der Waals surface area contributed by atoms with Gasteiger partial charge in [0.25, 0.3) is 0 Å². The summed E-state index contributed by atoms with van der Waals surface area (Å²) in [4.78, 5) is 62.4. The average molecular weight is 866 g/mol. The second-order valence-corrected chi connectivity index (χ2v) is 14.0. The molecule has 4 amide bonds. The van der Waals surface area contributed by atoms with E-state index in [0.717, 1.165) is 6.42 Å². The number of hydrogen-bond acceptors (Lipinski definition) is 9. The van der Waals surface area contributed by atoms with Gasteiger partial charge in [-0.1, -0.05) is 147 Å². The third kappa shape index (κ3) is 28.9. The van der Waals surface area contributed by atoms with Gasteiger partial charge in [0.2, 0.25) is 23.6 Å². The molecule has 0 saturated carbocycles. The number of Topliss-reactive ketones (excluding diaryl/α,β-unsaturated/α-hetero) is 1. The van der Waals surface area contributed by atoms with Crippen LogP contribution in [0, 0.1) is 25.7 Å². The van der Waals surface area contributed by atoms with Crippen molar-refractivity contribution in [1.29, 1.82) is 0 Å². The number of carbonyl (C=O) groups is 5. The van der Waals surface area contributed by atoms with Crippen molar-refractivity contribution >= 4 is 29.4 Å². The van der Waals surface area contributed by atoms with Crippen LogP contribution in [0.15, 0.2) is 71.3 Å². The number of terminal acetylenes is 1. The standard InChI is InChI=1S/C26H41N5O8.C8H10.C7H8.3C2H6.C2H2/c1-7-8-18(29-21(33)12-27-20(32)10-17-11-23(39-31-17)38-16(4)5)25(36)28-13-22(34)30-19(9-15(2)3)24(35)26(6)14-37-26;1-2-8-6-4-3-5-7-8;1-7-5-3-2-4-6-7;4*1-2/h11,15-16,18-19H,7-10,12-14H2,1-6H3,(H,27,32)(H,28,36)(H,29,33)(H,30,34);3-7H,2H2,1H3;2-6H,1H3;3*1-2H3;1-2H/t18-,19-,26?;;;;;;/m0....../s1. The molecule has 1 fully saturated rings. The summed E-state index contributed by atoms with van der Waals surface area (Å²) in [5.74, 6) is -1.92. The minimum absolute atomic E-state index is 0.108. The minimum atomic E-state index is -0.898. The zero-order valence-corrected chi connectivity index (χ0v) is 40.2. The molecule has 348 valence electrons. The molecule has 1 aliphatic heterocycles. The van der Waals surface area contributed by atoms with Crippen molar-refractivity contribution in [3.05, 3.63) is 83.6 Å². The zero-order chi connectivity index (χ0) is 48.1. The van der Waals surface area contributed by atoms with Crippen LogP contribution in [-0.4, -0.2) is 78.1 Å². The van der Waals surface area contributed by atoms with Gasteiger partial charge in [-0.05, 0) is 58.4 Å². The number of nitrogens with one attached hydrogen (secondary N) is 4. The monoisotopic (exact) mass is 866 g/mol. The first-order valence-electron chi connectivity index (χ1n) is 22.0. The van der Waals surface area contributed by atoms with Gasteiger partial charge >= 0.3 is 5.95 Å². The molecule has 3 aromatic rings. The summed E-state index contributed by atoms with van der Waals surface area (Å²) < 4.78 is 15.6. The van der Waals surface area contributed by atoms with Gasteiger partial charge in [-0.25, -0.2) is 0 Å². The molecule has 3 atom stereocenters. The van der Waals surface area contributed by atoms with Crippen LogP contribution in [0.3, 0.4) is 0 Å². The van der Waals surface area contributed by atoms with Crippen LogP contribution in [-0.2, 0) is 41.6 Å². The van der Waals surface area contributed by atoms with E-state index >= 15 is 0 Å². The second-order valence-electron chi connectivity index (χ2n) is 14.0. The van der Waals surface area contributed by atoms with Crippen molar-refractivity contribution in [3.63, 3.8) is 0 Å². The summed E-state index contributed by atoms with van der Waals surface area (Å²) >= 11 is 0. The van der Waals surface area contributed by atoms with Crippen LogP contribution in [0.1, 0.15) is 126 Å². The largest absolute Gasteiger partial charge is 0.461 e. The average Bonchev–Trinajstić information content (AvgIpc) is 3.90. The highest BCUT2D eigenvalue weighted by Crippen LogP contribution is 2.29. The van der Waals surface area contributed by atoms with E-state index in [1.807, 2.05) is 100 Å². The lowest BCUT2D eigenvalue weighted by atomic mass is 9.93. The molecule has 0 bridgehead atoms. The first-order chi connectivity index (χ1) is 29.6. The number of epoxide rings is 1. The summed E-state index contributed by atoms with van der Waals surface area (Å²) in [6, 6.07) is 20.6. The molecule has 1 unspecified atom stereocenters. The number of rotatable bonds is 18. The number of carbonyl (C=O) groups excluding carboxylic acids is 5. The van der Waals surface area contributed by atoms with E-state index in [1.54, 1.807) is 6.92 Å². The molecule has 13 nitrogen and oxygen atoms in total. The lowest BCUT2D eigenvalue weighted by Crippen LogP contribution is -2.53. The predicted octanol–water partition coefficient (Wildman–Crippen LogP) is 7.98. The fraction of sp³-hybridized carbons (Fsp3) is 0.551. The van der Waals surface area contributed by atoms with Gasteiger partial charge in [0.1, 0.15) is 11.6 Å². The molecule has 13 heteroatoms. The summed E-state index contributed by atoms with van der Waals surface area (Å²) in [6.45, 7) is 26.9. The Balaban J connectivity index is -0.00000123. The van der Waals surface area contributed by atoms with Crippen molar-refractivity contribution in [2.45, 2.75) is 153 Å². The van der Waals surface area contributed by atoms with Gasteiger partial charge in [0.05, 0.1) is 44.0 Å². The maximum Gasteiger partial charge on any atom is 0.311 e. The van der Waals surface area contributed by atoms with E-state index < -0.39 is 41.3 Å². The van der Waals surface area contributed by atoms with Crippen molar-refractivity contribution in [2.75, 3.05) is 19.7 Å². The first kappa shape index (κ1) is 60.8. The van der Waals surface area contributed by atoms with Crippen molar-refractivity contribution < 1.29 is 38.0 Å². The lowest BCUT2D eigenvalue weighted by Gasteiger charge is -2.22. The fourth-order valence-corrected chi connectivity index (χ4v) is 4.98. The molecule has 1 saturated heterocycles. The van der Waals surface area contributed by atoms with E-state index in [9.17, 15) is 24.0 Å². The van der Waals surface area contributed by atoms with Crippen LogP contribution in [0.25, 0.3) is 0 Å². The normalized spacial score (nSPS) is 13.6. The number of hydrogen-bond donors (Lipinski definition) is 4. The topological polar surface area (TPSA) is 181 Å². The fourth-order valence-electron chi connectivity index (χ4n) is 4.98. The first-order valence-corrected chi connectivity index (χ1v) is 22.0. The van der Waals surface area contributed by atoms with Gasteiger partial charge in [-0.3, -0.25) is 24.0 Å². The summed E-state index contributed by atoms with van der Waals surface area (Å²) in [5.41, 5.74) is 2.21. The smallest absolute Gasteiger partial charge is 0.311 e. The molecule has 2 heterocycles. The van der Waals surface area contributed by atoms with Crippen molar-refractivity contribution in [1.82, 2.24) is 26.4 Å². The van der Waals surface area contributed by atoms with Crippen molar-refractivity contribution in [2.24, 2.45) is 5.92 Å². The molecular weight excluding hydrogens is 787 g/mol. The number of amides is 4. The Morgan fingerprint density at radius 1 is 0.774 bits per heavy atom. The number of nitrogens with zero attached hydrogens (tertiary/aromatic N) is 1. The van der Waals surface area contributed by atoms with E-state index in [-0.39, 0.29) is 43.3 Å². The highest BCUT2D eigenvalue weighted by Gasteiger charge is 2.50. The van der Waals surface area contributed by atoms with Crippen LogP contribution >= 0.6 is 0 Å². The van der Waals surface area contributed by atoms with Crippen LogP contribution in [0.5, 0.6) is 5.95 Å². The Morgan fingerprint density at radius 3 is 1.69 bits per heavy atom. The Labute approximate surface area is 373 Å². The van der Waals surface area contributed by atoms with Crippen LogP contribution < -0.4 is 26.0 Å². The van der Waals surface area contributed by atoms with E-state index in [2.05, 4.69) is 89.5 Å². The number of benzene rings is 2. The molecule has 0 aliphatic carbocycles. The minimum Gasteiger partial charge on any atom is -0.461 e. The maximum atomic E-state index is 12.7. The van der Waals surface area contributed by atoms with E-state index in [1.165, 1.54) is 17.2 Å². The predicted molar refractivity (Wildman–Crippen MR) is 251 cm³/mol. The van der Waals surface area contributed by atoms with Gasteiger partial charge in [-0.15, -0.1) is 12.8 Å². The van der Waals surface area contributed by atoms with Crippen molar-refractivity contribution in [3.8, 4) is 18.8 Å². The van der Waals surface area contributed by atoms with E-state index in [0.29, 0.717) is 31.6 Å². The van der Waals surface area contributed by atoms with Crippen LogP contribution in [0.2, 0.25) is 0 Å². The SMILES string of the molecule is C#C.CC.CC.CC.CCC[C@H](NC(=O)CNC(=O)Cc1cc(OC(C)C)on1)C(=O)NCC(=O)N[C@@H](CC(C)C)C(=O)C1(C)CO1.CCc1ccccc1.Cc1ccccc1. The van der Waals surface area contributed by atoms with Gasteiger partial charge in [0, 0.05) is 6.07 Å². The highest BCUT2D eigenvalue weighted by atomic mass is 16.6. The molecule has 0 spiro atoms. The summed E-state index contributed by atoms with van der Waals surface area (Å²) in [5, 5.41) is 14.0. The number of aryl methyl sites for hydroxylation is 2. The number of ketones is 1. The van der Waals surface area contributed by atoms with Gasteiger partial charge in [0.15, 0.2) is 5.78 Å². The molecule has 0 radical (unpaired) electrons. The molecular formula is C49H79N5O8. The number of aromatic nitrogens is 1. The van der Waals surface area contributed by atoms with Gasteiger partial charge < -0.3 is 35.3 Å². The third-order valence-electron chi connectivity index (χ3n) is 7.98. The zero-order valence-electron chi connectivity index (χ0n) is 40.2. The molecule has 1 aliphatic rings. The quantitative estimate of drug-likeness (QED) is 0.0728. The summed E-state index contributed by atoms with van der Waals surface area (Å²) in [6.07, 6.45) is 10.3. The Kier molecular flexibility index (Phi) is 36.6. The molecule has 62 heavy (non-hydrogen) atoms. The molecule has 1 aromatic heterocycles. The highest BCUT2D eigenvalue weighted by molar-refractivity contribution is 5.97. The maximum absolute atomic E-state index is 12.7.